The molecule has 0 bridgehead atoms. The molecule has 0 aliphatic carbocycles. The Balaban J connectivity index is 0.000000165. The number of nitriles is 1. The molecule has 2 rings (SSSR count). The predicted octanol–water partition coefficient (Wildman–Crippen LogP) is 2.28. The standard InChI is InChI=1S/C7H8N2.C6H7N/c1-9-5-3-2-4-7(9)6-8;1-6-4-2-3-5-7-6/h2-5,7H,1H3;2-5H,1H3. The van der Waals surface area contributed by atoms with E-state index in [1.165, 1.54) is 0 Å². The van der Waals surface area contributed by atoms with Crippen LogP contribution in [0.3, 0.4) is 0 Å². The third kappa shape index (κ3) is 3.97. The number of hydrogen-bond acceptors (Lipinski definition) is 3. The van der Waals surface area contributed by atoms with Crippen LogP contribution in [0.25, 0.3) is 0 Å². The first kappa shape index (κ1) is 12.0. The predicted molar refractivity (Wildman–Crippen MR) is 64.4 cm³/mol. The monoisotopic (exact) mass is 213 g/mol. The van der Waals surface area contributed by atoms with Crippen molar-refractivity contribution >= 4 is 0 Å². The van der Waals surface area contributed by atoms with Crippen molar-refractivity contribution < 1.29 is 0 Å². The highest BCUT2D eigenvalue weighted by molar-refractivity contribution is 5.18. The molecule has 0 saturated heterocycles. The van der Waals surface area contributed by atoms with Crippen molar-refractivity contribution in [3.05, 3.63) is 54.5 Å². The normalized spacial score (nSPS) is 17.3. The molecule has 1 atom stereocenters. The number of aryl methyl sites for hydroxylation is 1. The zero-order valence-electron chi connectivity index (χ0n) is 9.54. The summed E-state index contributed by atoms with van der Waals surface area (Å²) in [6, 6.07) is 7.92. The molecule has 2 heterocycles. The van der Waals surface area contributed by atoms with Crippen LogP contribution in [-0.4, -0.2) is 23.0 Å². The number of rotatable bonds is 0. The van der Waals surface area contributed by atoms with Crippen molar-refractivity contribution in [2.75, 3.05) is 7.05 Å². The van der Waals surface area contributed by atoms with Crippen molar-refractivity contribution in [1.29, 1.82) is 5.26 Å². The van der Waals surface area contributed by atoms with Gasteiger partial charge in [0.1, 0.15) is 6.04 Å². The molecule has 1 aromatic heterocycles. The van der Waals surface area contributed by atoms with Crippen LogP contribution in [0.2, 0.25) is 0 Å². The molecular weight excluding hydrogens is 198 g/mol. The zero-order valence-corrected chi connectivity index (χ0v) is 9.54. The minimum atomic E-state index is -0.0741. The number of likely N-dealkylation sites (N-methyl/N-ethyl adjacent to an activating group) is 1. The topological polar surface area (TPSA) is 39.9 Å². The van der Waals surface area contributed by atoms with E-state index in [1.807, 2.05) is 61.5 Å². The van der Waals surface area contributed by atoms with Crippen LogP contribution in [0.15, 0.2) is 48.8 Å². The van der Waals surface area contributed by atoms with Gasteiger partial charge in [-0.05, 0) is 31.2 Å². The van der Waals surface area contributed by atoms with Gasteiger partial charge in [0, 0.05) is 25.1 Å². The second-order valence-corrected chi connectivity index (χ2v) is 3.44. The highest BCUT2D eigenvalue weighted by Gasteiger charge is 2.06. The summed E-state index contributed by atoms with van der Waals surface area (Å²) in [6.45, 7) is 1.97. The van der Waals surface area contributed by atoms with Gasteiger partial charge in [-0.1, -0.05) is 12.1 Å². The van der Waals surface area contributed by atoms with Crippen molar-refractivity contribution in [2.45, 2.75) is 13.0 Å². The van der Waals surface area contributed by atoms with E-state index in [0.29, 0.717) is 0 Å². The largest absolute Gasteiger partial charge is 0.362 e. The molecule has 3 heteroatoms. The minimum absolute atomic E-state index is 0.0741. The van der Waals surface area contributed by atoms with Crippen LogP contribution >= 0.6 is 0 Å². The Morgan fingerprint density at radius 2 is 2.19 bits per heavy atom. The molecule has 82 valence electrons. The molecule has 1 aliphatic heterocycles. The van der Waals surface area contributed by atoms with Crippen LogP contribution in [-0.2, 0) is 0 Å². The fourth-order valence-corrected chi connectivity index (χ4v) is 1.17. The third-order valence-corrected chi connectivity index (χ3v) is 2.11. The fourth-order valence-electron chi connectivity index (χ4n) is 1.17. The van der Waals surface area contributed by atoms with Gasteiger partial charge in [-0.25, -0.2) is 0 Å². The molecule has 0 amide bonds. The molecule has 0 radical (unpaired) electrons. The Kier molecular flexibility index (Phi) is 4.81. The molecule has 0 fully saturated rings. The highest BCUT2D eigenvalue weighted by Crippen LogP contribution is 2.02. The van der Waals surface area contributed by atoms with E-state index in [1.54, 1.807) is 6.20 Å². The fraction of sp³-hybridized carbons (Fsp3) is 0.231. The number of hydrogen-bond donors (Lipinski definition) is 0. The Morgan fingerprint density at radius 3 is 2.56 bits per heavy atom. The van der Waals surface area contributed by atoms with Crippen LogP contribution in [0.4, 0.5) is 0 Å². The molecule has 0 aromatic carbocycles. The van der Waals surface area contributed by atoms with Gasteiger partial charge >= 0.3 is 0 Å². The van der Waals surface area contributed by atoms with Crippen molar-refractivity contribution in [3.63, 3.8) is 0 Å². The second kappa shape index (κ2) is 6.41. The van der Waals surface area contributed by atoms with Gasteiger partial charge in [-0.15, -0.1) is 0 Å². The maximum Gasteiger partial charge on any atom is 0.135 e. The summed E-state index contributed by atoms with van der Waals surface area (Å²) in [5.74, 6) is 0. The lowest BCUT2D eigenvalue weighted by Gasteiger charge is -2.18. The molecule has 1 aliphatic rings. The summed E-state index contributed by atoms with van der Waals surface area (Å²) in [6.07, 6.45) is 9.32. The molecule has 1 aromatic rings. The van der Waals surface area contributed by atoms with Crippen molar-refractivity contribution in [2.24, 2.45) is 0 Å². The summed E-state index contributed by atoms with van der Waals surface area (Å²) in [5.41, 5.74) is 1.07. The van der Waals surface area contributed by atoms with E-state index < -0.39 is 0 Å². The smallest absolute Gasteiger partial charge is 0.135 e. The van der Waals surface area contributed by atoms with Gasteiger partial charge in [-0.3, -0.25) is 4.98 Å². The van der Waals surface area contributed by atoms with Gasteiger partial charge in [0.05, 0.1) is 6.07 Å². The van der Waals surface area contributed by atoms with Gasteiger partial charge in [0.25, 0.3) is 0 Å². The lowest BCUT2D eigenvalue weighted by Crippen LogP contribution is -2.24. The Hall–Kier alpha value is -2.08. The van der Waals surface area contributed by atoms with Crippen molar-refractivity contribution in [3.8, 4) is 6.07 Å². The summed E-state index contributed by atoms with van der Waals surface area (Å²) in [7, 11) is 1.88. The number of pyridine rings is 1. The Labute approximate surface area is 96.3 Å². The molecule has 0 saturated carbocycles. The molecular formula is C13H15N3. The van der Waals surface area contributed by atoms with E-state index in [4.69, 9.17) is 5.26 Å². The molecule has 0 spiro atoms. The third-order valence-electron chi connectivity index (χ3n) is 2.11. The van der Waals surface area contributed by atoms with Crippen LogP contribution in [0, 0.1) is 18.3 Å². The summed E-state index contributed by atoms with van der Waals surface area (Å²) in [4.78, 5) is 5.84. The Morgan fingerprint density at radius 1 is 1.38 bits per heavy atom. The highest BCUT2D eigenvalue weighted by atomic mass is 15.1. The van der Waals surface area contributed by atoms with E-state index >= 15 is 0 Å². The first-order chi connectivity index (χ1) is 7.74. The van der Waals surface area contributed by atoms with E-state index in [0.717, 1.165) is 5.69 Å². The number of nitrogens with zero attached hydrogens (tertiary/aromatic N) is 3. The average molecular weight is 213 g/mol. The van der Waals surface area contributed by atoms with Gasteiger partial charge in [0.2, 0.25) is 0 Å². The maximum absolute atomic E-state index is 8.48. The molecule has 16 heavy (non-hydrogen) atoms. The quantitative estimate of drug-likeness (QED) is 0.663. The minimum Gasteiger partial charge on any atom is -0.362 e. The summed E-state index contributed by atoms with van der Waals surface area (Å²) in [5, 5.41) is 8.48. The second-order valence-electron chi connectivity index (χ2n) is 3.44. The van der Waals surface area contributed by atoms with Crippen molar-refractivity contribution in [1.82, 2.24) is 9.88 Å². The van der Waals surface area contributed by atoms with Crippen LogP contribution in [0.1, 0.15) is 5.69 Å². The SMILES string of the molecule is CN1C=CC=CC1C#N.Cc1ccccn1. The Bertz CT molecular complexity index is 401. The van der Waals surface area contributed by atoms with Gasteiger partial charge in [0.15, 0.2) is 0 Å². The van der Waals surface area contributed by atoms with Crippen LogP contribution < -0.4 is 0 Å². The molecule has 3 nitrogen and oxygen atoms in total. The summed E-state index contributed by atoms with van der Waals surface area (Å²) >= 11 is 0. The maximum atomic E-state index is 8.48. The lowest BCUT2D eigenvalue weighted by atomic mass is 10.2. The van der Waals surface area contributed by atoms with Gasteiger partial charge < -0.3 is 4.90 Å². The zero-order chi connectivity index (χ0) is 11.8. The van der Waals surface area contributed by atoms with E-state index in [9.17, 15) is 0 Å². The number of aromatic nitrogens is 1. The number of allylic oxidation sites excluding steroid dienone is 2. The summed E-state index contributed by atoms with van der Waals surface area (Å²) < 4.78 is 0. The molecule has 1 unspecified atom stereocenters. The van der Waals surface area contributed by atoms with Gasteiger partial charge in [-0.2, -0.15) is 5.26 Å². The first-order valence-corrected chi connectivity index (χ1v) is 5.08. The van der Waals surface area contributed by atoms with E-state index in [2.05, 4.69) is 11.1 Å². The first-order valence-electron chi connectivity index (χ1n) is 5.08. The lowest BCUT2D eigenvalue weighted by molar-refractivity contribution is 0.440. The average Bonchev–Trinajstić information content (AvgIpc) is 2.31. The van der Waals surface area contributed by atoms with Crippen LogP contribution in [0.5, 0.6) is 0 Å². The molecule has 0 N–H and O–H groups in total. The van der Waals surface area contributed by atoms with E-state index in [-0.39, 0.29) is 6.04 Å².